The molecule has 110 valence electrons. The molecule has 1 N–H and O–H groups in total. The number of hydrogen-bond donors (Lipinski definition) is 1. The Bertz CT molecular complexity index is 583. The quantitative estimate of drug-likeness (QED) is 0.736. The van der Waals surface area contributed by atoms with E-state index in [1.165, 1.54) is 5.57 Å². The van der Waals surface area contributed by atoms with Gasteiger partial charge in [-0.1, -0.05) is 12.5 Å². The molecule has 0 unspecified atom stereocenters. The second-order valence-corrected chi connectivity index (χ2v) is 7.49. The highest BCUT2D eigenvalue weighted by Crippen LogP contribution is 2.61. The van der Waals surface area contributed by atoms with Gasteiger partial charge in [0.25, 0.3) is 0 Å². The van der Waals surface area contributed by atoms with Crippen molar-refractivity contribution in [3.8, 4) is 0 Å². The van der Waals surface area contributed by atoms with Gasteiger partial charge in [0.2, 0.25) is 0 Å². The maximum atomic E-state index is 11.7. The summed E-state index contributed by atoms with van der Waals surface area (Å²) in [5.74, 6) is 1.71. The lowest BCUT2D eigenvalue weighted by molar-refractivity contribution is -0.116. The number of aliphatic hydroxyl groups is 1. The Morgan fingerprint density at radius 2 is 2.15 bits per heavy atom. The number of allylic oxidation sites excluding steroid dienone is 1. The van der Waals surface area contributed by atoms with E-state index in [-0.39, 0.29) is 11.7 Å². The molecule has 3 saturated carbocycles. The van der Waals surface area contributed by atoms with Crippen molar-refractivity contribution in [1.29, 1.82) is 0 Å². The average molecular weight is 277 g/mol. The van der Waals surface area contributed by atoms with Crippen LogP contribution in [0.5, 0.6) is 0 Å². The summed E-state index contributed by atoms with van der Waals surface area (Å²) < 4.78 is 24.7. The van der Waals surface area contributed by atoms with E-state index in [2.05, 4.69) is 0 Å². The standard InChI is InChI=1S/C18H26O2/c1-18-9-8-14-13-5-3-12(19)10-11(13)2-4-15(14)16(18)6-7-17(18)20/h10,13-17,20H,2-9H2,1H3/t13-,14+,15+,16-,17-,18-/m0/s1/i7D2,17D. The van der Waals surface area contributed by atoms with Crippen molar-refractivity contribution >= 4 is 5.78 Å². The monoisotopic (exact) mass is 277 g/mol. The maximum absolute atomic E-state index is 11.7. The van der Waals surface area contributed by atoms with Crippen LogP contribution >= 0.6 is 0 Å². The van der Waals surface area contributed by atoms with Crippen molar-refractivity contribution < 1.29 is 14.0 Å². The smallest absolute Gasteiger partial charge is 0.155 e. The minimum atomic E-state index is -1.99. The van der Waals surface area contributed by atoms with Crippen LogP contribution in [-0.4, -0.2) is 17.0 Å². The highest BCUT2D eigenvalue weighted by atomic mass is 16.3. The summed E-state index contributed by atoms with van der Waals surface area (Å²) in [5.41, 5.74) is 0.664. The molecule has 0 radical (unpaired) electrons. The molecule has 0 amide bonds. The number of fused-ring (bicyclic) bond motifs is 5. The van der Waals surface area contributed by atoms with E-state index in [4.69, 9.17) is 4.11 Å². The Morgan fingerprint density at radius 1 is 1.30 bits per heavy atom. The summed E-state index contributed by atoms with van der Waals surface area (Å²) >= 11 is 0. The predicted octanol–water partition coefficient (Wildman–Crippen LogP) is 3.49. The third kappa shape index (κ3) is 1.70. The Labute approximate surface area is 125 Å². The molecule has 0 heterocycles. The van der Waals surface area contributed by atoms with Crippen molar-refractivity contribution in [2.75, 3.05) is 0 Å². The minimum Gasteiger partial charge on any atom is -0.393 e. The second kappa shape index (κ2) is 4.43. The molecule has 0 aromatic heterocycles. The summed E-state index contributed by atoms with van der Waals surface area (Å²) in [6, 6.07) is 0. The van der Waals surface area contributed by atoms with Gasteiger partial charge in [-0.2, -0.15) is 0 Å². The molecule has 2 nitrogen and oxygen atoms in total. The van der Waals surface area contributed by atoms with Crippen LogP contribution in [0, 0.1) is 29.1 Å². The first-order valence-corrected chi connectivity index (χ1v) is 8.13. The summed E-state index contributed by atoms with van der Waals surface area (Å²) in [5, 5.41) is 10.7. The van der Waals surface area contributed by atoms with E-state index >= 15 is 0 Å². The van der Waals surface area contributed by atoms with Crippen LogP contribution in [0.4, 0.5) is 0 Å². The van der Waals surface area contributed by atoms with Crippen LogP contribution in [-0.2, 0) is 4.79 Å². The lowest BCUT2D eigenvalue weighted by Gasteiger charge is -2.53. The van der Waals surface area contributed by atoms with E-state index in [0.717, 1.165) is 32.1 Å². The SMILES string of the molecule is [2H]C1([2H])C[C@H]2[C@@H]3CCC4=CC(=O)CC[C@@H]4[C@H]3CC[C@]2(C)[C@@]1([2H])O. The number of carbonyl (C=O) groups is 1. The van der Waals surface area contributed by atoms with Crippen LogP contribution in [0.25, 0.3) is 0 Å². The zero-order valence-corrected chi connectivity index (χ0v) is 12.2. The van der Waals surface area contributed by atoms with Gasteiger partial charge in [-0.05, 0) is 80.1 Å². The largest absolute Gasteiger partial charge is 0.393 e. The molecular weight excluding hydrogens is 248 g/mol. The molecule has 3 fully saturated rings. The predicted molar refractivity (Wildman–Crippen MR) is 78.1 cm³/mol. The van der Waals surface area contributed by atoms with Crippen molar-refractivity contribution in [2.24, 2.45) is 29.1 Å². The molecule has 0 aliphatic heterocycles. The van der Waals surface area contributed by atoms with Gasteiger partial charge in [0, 0.05) is 9.16 Å². The van der Waals surface area contributed by atoms with E-state index in [0.29, 0.717) is 30.6 Å². The molecule has 20 heavy (non-hydrogen) atoms. The number of carbonyl (C=O) groups excluding carboxylic acids is 1. The molecule has 4 rings (SSSR count). The van der Waals surface area contributed by atoms with E-state index in [1.54, 1.807) is 0 Å². The topological polar surface area (TPSA) is 37.3 Å². The third-order valence-electron chi connectivity index (χ3n) is 6.72. The Kier molecular flexibility index (Phi) is 2.25. The van der Waals surface area contributed by atoms with Crippen molar-refractivity contribution in [3.63, 3.8) is 0 Å². The number of rotatable bonds is 0. The summed E-state index contributed by atoms with van der Waals surface area (Å²) in [6.45, 7) is 1.93. The fraction of sp³-hybridized carbons (Fsp3) is 0.833. The van der Waals surface area contributed by atoms with Crippen LogP contribution in [0.3, 0.4) is 0 Å². The summed E-state index contributed by atoms with van der Waals surface area (Å²) in [7, 11) is 0. The molecule has 0 saturated heterocycles. The summed E-state index contributed by atoms with van der Waals surface area (Å²) in [6.07, 6.45) is 3.50. The van der Waals surface area contributed by atoms with Crippen molar-refractivity contribution in [3.05, 3.63) is 11.6 Å². The normalized spacial score (nSPS) is 59.4. The zero-order valence-electron chi connectivity index (χ0n) is 15.2. The van der Waals surface area contributed by atoms with Crippen LogP contribution in [0.15, 0.2) is 11.6 Å². The van der Waals surface area contributed by atoms with Gasteiger partial charge in [0.15, 0.2) is 5.78 Å². The third-order valence-corrected chi connectivity index (χ3v) is 6.72. The van der Waals surface area contributed by atoms with Gasteiger partial charge >= 0.3 is 0 Å². The molecule has 6 atom stereocenters. The first-order chi connectivity index (χ1) is 10.7. The lowest BCUT2D eigenvalue weighted by Crippen LogP contribution is -2.47. The van der Waals surface area contributed by atoms with Gasteiger partial charge in [0.05, 0.1) is 7.45 Å². The summed E-state index contributed by atoms with van der Waals surface area (Å²) in [4.78, 5) is 11.7. The van der Waals surface area contributed by atoms with Gasteiger partial charge in [0.1, 0.15) is 0 Å². The average Bonchev–Trinajstić information content (AvgIpc) is 2.62. The molecule has 0 aromatic rings. The molecule has 0 bridgehead atoms. The van der Waals surface area contributed by atoms with Crippen LogP contribution in [0.1, 0.15) is 62.4 Å². The second-order valence-electron chi connectivity index (χ2n) is 7.49. The van der Waals surface area contributed by atoms with Crippen molar-refractivity contribution in [2.45, 2.75) is 64.3 Å². The molecular formula is C18H26O2. The van der Waals surface area contributed by atoms with Gasteiger partial charge in [-0.25, -0.2) is 0 Å². The zero-order chi connectivity index (χ0) is 16.6. The van der Waals surface area contributed by atoms with E-state index in [1.807, 2.05) is 13.0 Å². The fourth-order valence-corrected chi connectivity index (χ4v) is 5.58. The number of hydrogen-bond acceptors (Lipinski definition) is 2. The first-order valence-electron chi connectivity index (χ1n) is 9.63. The first kappa shape index (κ1) is 10.2. The molecule has 0 spiro atoms. The Hall–Kier alpha value is -0.630. The minimum absolute atomic E-state index is 0.0814. The van der Waals surface area contributed by atoms with E-state index in [9.17, 15) is 9.90 Å². The highest BCUT2D eigenvalue weighted by molar-refractivity contribution is 5.91. The Morgan fingerprint density at radius 3 is 3.00 bits per heavy atom. The van der Waals surface area contributed by atoms with Crippen LogP contribution in [0.2, 0.25) is 0 Å². The van der Waals surface area contributed by atoms with Gasteiger partial charge in [-0.3, -0.25) is 4.79 Å². The highest BCUT2D eigenvalue weighted by Gasteiger charge is 2.55. The fourth-order valence-electron chi connectivity index (χ4n) is 5.58. The van der Waals surface area contributed by atoms with Crippen LogP contribution < -0.4 is 0 Å². The maximum Gasteiger partial charge on any atom is 0.155 e. The van der Waals surface area contributed by atoms with E-state index < -0.39 is 17.9 Å². The molecule has 0 aromatic carbocycles. The number of ketones is 1. The molecule has 4 aliphatic carbocycles. The molecule has 4 aliphatic rings. The Balaban J connectivity index is 1.68. The van der Waals surface area contributed by atoms with Gasteiger partial charge < -0.3 is 5.11 Å². The van der Waals surface area contributed by atoms with Gasteiger partial charge in [-0.15, -0.1) is 0 Å². The molecule has 2 heteroatoms. The van der Waals surface area contributed by atoms with Crippen molar-refractivity contribution in [1.82, 2.24) is 0 Å². The lowest BCUT2D eigenvalue weighted by atomic mass is 9.52.